The molecule has 3 amide bonds. The van der Waals surface area contributed by atoms with Crippen molar-refractivity contribution in [3.05, 3.63) is 5.82 Å². The number of hydrogen-bond donors (Lipinski definition) is 3. The Hall–Kier alpha value is -2.45. The maximum atomic E-state index is 11.2. The second kappa shape index (κ2) is 6.33. The van der Waals surface area contributed by atoms with Gasteiger partial charge in [0.15, 0.2) is 5.82 Å². The quantitative estimate of drug-likeness (QED) is 0.688. The van der Waals surface area contributed by atoms with Crippen LogP contribution in [-0.2, 0) is 9.59 Å². The van der Waals surface area contributed by atoms with Gasteiger partial charge in [-0.2, -0.15) is 4.98 Å². The van der Waals surface area contributed by atoms with Crippen molar-refractivity contribution in [1.29, 1.82) is 0 Å². The predicted molar refractivity (Wildman–Crippen MR) is 57.7 cm³/mol. The molecule has 0 spiro atoms. The van der Waals surface area contributed by atoms with Crippen LogP contribution >= 0.6 is 0 Å². The molecule has 0 aliphatic rings. The molecule has 1 aromatic heterocycles. The van der Waals surface area contributed by atoms with Crippen LogP contribution in [0.15, 0.2) is 4.52 Å². The van der Waals surface area contributed by atoms with E-state index in [-0.39, 0.29) is 25.3 Å². The summed E-state index contributed by atoms with van der Waals surface area (Å²) in [5.41, 5.74) is 0. The lowest BCUT2D eigenvalue weighted by Gasteiger charge is -2.02. The SMILES string of the molecule is Cc1noc(NC(=O)NC(=O)CCCC(=O)O)n1. The summed E-state index contributed by atoms with van der Waals surface area (Å²) >= 11 is 0. The molecule has 0 unspecified atom stereocenters. The number of carbonyl (C=O) groups excluding carboxylic acids is 2. The van der Waals surface area contributed by atoms with Crippen LogP contribution in [0.25, 0.3) is 0 Å². The van der Waals surface area contributed by atoms with Gasteiger partial charge < -0.3 is 9.63 Å². The fourth-order valence-electron chi connectivity index (χ4n) is 1.07. The summed E-state index contributed by atoms with van der Waals surface area (Å²) in [6.07, 6.45) is -0.0193. The Bertz CT molecular complexity index is 456. The van der Waals surface area contributed by atoms with Crippen LogP contribution in [0.4, 0.5) is 10.8 Å². The third kappa shape index (κ3) is 5.05. The van der Waals surface area contributed by atoms with E-state index in [0.717, 1.165) is 0 Å². The first-order valence-corrected chi connectivity index (χ1v) is 5.10. The van der Waals surface area contributed by atoms with E-state index in [1.54, 1.807) is 6.92 Å². The number of anilines is 1. The molecule has 18 heavy (non-hydrogen) atoms. The van der Waals surface area contributed by atoms with Crippen molar-refractivity contribution in [2.45, 2.75) is 26.2 Å². The molecule has 0 saturated carbocycles. The third-order valence-electron chi connectivity index (χ3n) is 1.80. The molecule has 9 heteroatoms. The van der Waals surface area contributed by atoms with Crippen molar-refractivity contribution >= 4 is 23.9 Å². The zero-order valence-electron chi connectivity index (χ0n) is 9.60. The highest BCUT2D eigenvalue weighted by Crippen LogP contribution is 2.01. The molecule has 1 aromatic rings. The van der Waals surface area contributed by atoms with Crippen LogP contribution in [0.2, 0.25) is 0 Å². The number of aromatic nitrogens is 2. The molecule has 0 aliphatic heterocycles. The summed E-state index contributed by atoms with van der Waals surface area (Å²) in [5.74, 6) is -1.23. The first-order valence-electron chi connectivity index (χ1n) is 5.10. The first-order chi connectivity index (χ1) is 8.47. The second-order valence-electron chi connectivity index (χ2n) is 3.40. The van der Waals surface area contributed by atoms with E-state index >= 15 is 0 Å². The number of carboxylic acid groups (broad SMARTS) is 1. The van der Waals surface area contributed by atoms with E-state index < -0.39 is 17.9 Å². The van der Waals surface area contributed by atoms with Gasteiger partial charge in [0, 0.05) is 12.8 Å². The molecule has 0 fully saturated rings. The highest BCUT2D eigenvalue weighted by molar-refractivity contribution is 6.00. The van der Waals surface area contributed by atoms with Gasteiger partial charge in [0.25, 0.3) is 0 Å². The van der Waals surface area contributed by atoms with Crippen molar-refractivity contribution in [2.24, 2.45) is 0 Å². The van der Waals surface area contributed by atoms with Gasteiger partial charge in [0.1, 0.15) is 0 Å². The number of hydrogen-bond acceptors (Lipinski definition) is 6. The highest BCUT2D eigenvalue weighted by Gasteiger charge is 2.11. The first kappa shape index (κ1) is 13.6. The Kier molecular flexibility index (Phi) is 4.78. The number of carbonyl (C=O) groups is 3. The lowest BCUT2D eigenvalue weighted by atomic mass is 10.2. The molecule has 0 atom stereocenters. The number of carboxylic acids is 1. The number of urea groups is 1. The van der Waals surface area contributed by atoms with Crippen molar-refractivity contribution in [1.82, 2.24) is 15.5 Å². The van der Waals surface area contributed by atoms with Gasteiger partial charge in [0.05, 0.1) is 0 Å². The summed E-state index contributed by atoms with van der Waals surface area (Å²) in [5, 5.41) is 16.0. The molecule has 98 valence electrons. The predicted octanol–water partition coefficient (Wildman–Crippen LogP) is 0.281. The second-order valence-corrected chi connectivity index (χ2v) is 3.40. The van der Waals surface area contributed by atoms with E-state index in [2.05, 4.69) is 20.0 Å². The Balaban J connectivity index is 2.27. The number of aryl methyl sites for hydroxylation is 1. The van der Waals surface area contributed by atoms with Gasteiger partial charge in [-0.3, -0.25) is 20.2 Å². The van der Waals surface area contributed by atoms with E-state index in [4.69, 9.17) is 5.11 Å². The molecule has 1 heterocycles. The van der Waals surface area contributed by atoms with Gasteiger partial charge in [0.2, 0.25) is 5.91 Å². The fourth-order valence-corrected chi connectivity index (χ4v) is 1.07. The Morgan fingerprint density at radius 2 is 2.06 bits per heavy atom. The third-order valence-corrected chi connectivity index (χ3v) is 1.80. The summed E-state index contributed by atoms with van der Waals surface area (Å²) in [7, 11) is 0. The van der Waals surface area contributed by atoms with Gasteiger partial charge in [-0.1, -0.05) is 5.16 Å². The lowest BCUT2D eigenvalue weighted by molar-refractivity contribution is -0.137. The van der Waals surface area contributed by atoms with Gasteiger partial charge in [-0.05, 0) is 13.3 Å². The van der Waals surface area contributed by atoms with Crippen LogP contribution < -0.4 is 10.6 Å². The summed E-state index contributed by atoms with van der Waals surface area (Å²) in [6, 6.07) is -0.928. The number of aliphatic carboxylic acids is 1. The van der Waals surface area contributed by atoms with Crippen molar-refractivity contribution in [3.63, 3.8) is 0 Å². The Labute approximate surface area is 102 Å². The molecule has 0 saturated heterocycles. The zero-order valence-corrected chi connectivity index (χ0v) is 9.60. The van der Waals surface area contributed by atoms with Gasteiger partial charge >= 0.3 is 18.0 Å². The van der Waals surface area contributed by atoms with Crippen LogP contribution in [0.5, 0.6) is 0 Å². The standard InChI is InChI=1S/C9H12N4O5/c1-5-10-9(18-13-5)12-8(17)11-6(14)3-2-4-7(15)16/h2-4H2,1H3,(H,15,16)(H2,10,11,12,13,14,17). The van der Waals surface area contributed by atoms with Crippen molar-refractivity contribution in [3.8, 4) is 0 Å². The molecule has 0 aromatic carbocycles. The van der Waals surface area contributed by atoms with Crippen LogP contribution in [0, 0.1) is 6.92 Å². The highest BCUT2D eigenvalue weighted by atomic mass is 16.5. The lowest BCUT2D eigenvalue weighted by Crippen LogP contribution is -2.34. The Morgan fingerprint density at radius 3 is 2.61 bits per heavy atom. The summed E-state index contributed by atoms with van der Waals surface area (Å²) in [4.78, 5) is 36.4. The topological polar surface area (TPSA) is 134 Å². The minimum absolute atomic E-state index is 0.0530. The average Bonchev–Trinajstić information content (AvgIpc) is 2.62. The van der Waals surface area contributed by atoms with E-state index in [1.807, 2.05) is 5.32 Å². The molecule has 1 rings (SSSR count). The van der Waals surface area contributed by atoms with Crippen molar-refractivity contribution < 1.29 is 24.0 Å². The number of nitrogens with one attached hydrogen (secondary N) is 2. The fraction of sp³-hybridized carbons (Fsp3) is 0.444. The van der Waals surface area contributed by atoms with Crippen LogP contribution in [-0.4, -0.2) is 33.2 Å². The molecule has 0 aliphatic carbocycles. The molecule has 0 radical (unpaired) electrons. The van der Waals surface area contributed by atoms with Gasteiger partial charge in [-0.15, -0.1) is 0 Å². The largest absolute Gasteiger partial charge is 0.481 e. The van der Waals surface area contributed by atoms with Crippen molar-refractivity contribution in [2.75, 3.05) is 5.32 Å². The van der Waals surface area contributed by atoms with Crippen LogP contribution in [0.3, 0.4) is 0 Å². The van der Waals surface area contributed by atoms with E-state index in [1.165, 1.54) is 0 Å². The molecule has 9 nitrogen and oxygen atoms in total. The maximum absolute atomic E-state index is 11.2. The monoisotopic (exact) mass is 256 g/mol. The van der Waals surface area contributed by atoms with Crippen LogP contribution in [0.1, 0.15) is 25.1 Å². The van der Waals surface area contributed by atoms with E-state index in [0.29, 0.717) is 5.82 Å². The molecule has 0 bridgehead atoms. The number of imide groups is 1. The molecule has 3 N–H and O–H groups in total. The van der Waals surface area contributed by atoms with E-state index in [9.17, 15) is 14.4 Å². The maximum Gasteiger partial charge on any atom is 0.329 e. The normalized spacial score (nSPS) is 9.83. The minimum atomic E-state index is -0.992. The number of rotatable bonds is 5. The minimum Gasteiger partial charge on any atom is -0.481 e. The zero-order chi connectivity index (χ0) is 13.5. The number of nitrogens with zero attached hydrogens (tertiary/aromatic N) is 2. The summed E-state index contributed by atoms with van der Waals surface area (Å²) < 4.78 is 4.61. The Morgan fingerprint density at radius 1 is 1.33 bits per heavy atom. The molecular formula is C9H12N4O5. The van der Waals surface area contributed by atoms with Gasteiger partial charge in [-0.25, -0.2) is 4.79 Å². The number of amides is 3. The summed E-state index contributed by atoms with van der Waals surface area (Å²) in [6.45, 7) is 1.57. The average molecular weight is 256 g/mol. The smallest absolute Gasteiger partial charge is 0.329 e. The molecular weight excluding hydrogens is 244 g/mol.